The predicted molar refractivity (Wildman–Crippen MR) is 84.6 cm³/mol. The molecule has 1 unspecified atom stereocenters. The van der Waals surface area contributed by atoms with Crippen molar-refractivity contribution < 1.29 is 4.74 Å². The van der Waals surface area contributed by atoms with Gasteiger partial charge in [-0.3, -0.25) is 4.57 Å². The van der Waals surface area contributed by atoms with Crippen LogP contribution in [0.4, 0.5) is 5.82 Å². The van der Waals surface area contributed by atoms with Gasteiger partial charge in [0.1, 0.15) is 24.4 Å². The van der Waals surface area contributed by atoms with Gasteiger partial charge in [-0.15, -0.1) is 11.3 Å². The highest BCUT2D eigenvalue weighted by atomic mass is 32.1. The van der Waals surface area contributed by atoms with Crippen molar-refractivity contribution >= 4 is 27.4 Å². The molecule has 3 aromatic heterocycles. The Bertz CT molecular complexity index is 946. The van der Waals surface area contributed by atoms with Crippen molar-refractivity contribution in [2.45, 2.75) is 25.2 Å². The van der Waals surface area contributed by atoms with E-state index in [1.807, 2.05) is 11.4 Å². The summed E-state index contributed by atoms with van der Waals surface area (Å²) >= 11 is 1.65. The molecule has 1 N–H and O–H groups in total. The fourth-order valence-corrected chi connectivity index (χ4v) is 4.31. The molecule has 118 valence electrons. The second kappa shape index (κ2) is 4.62. The van der Waals surface area contributed by atoms with Crippen LogP contribution in [0.25, 0.3) is 10.2 Å². The van der Waals surface area contributed by atoms with E-state index in [4.69, 9.17) is 4.74 Å². The zero-order valence-corrected chi connectivity index (χ0v) is 13.0. The first-order chi connectivity index (χ1) is 11.2. The minimum Gasteiger partial charge on any atom is -0.363 e. The van der Waals surface area contributed by atoms with Crippen molar-refractivity contribution in [3.05, 3.63) is 34.1 Å². The van der Waals surface area contributed by atoms with Crippen LogP contribution in [0.1, 0.15) is 12.2 Å². The topological polar surface area (TPSA) is 88.9 Å². The predicted octanol–water partition coefficient (Wildman–Crippen LogP) is 0.755. The molecular formula is C14H14N6O2S. The second-order valence-corrected chi connectivity index (χ2v) is 6.92. The standard InChI is InChI=1S/C14H14N6O2S/c21-13-18-17-10-5-22-14(7-20(10)13)2-3-19(6-14)12-11-9(1-4-23-11)15-8-16-12/h1,4,8H,2-3,5-7H2,(H,18,21). The molecule has 0 amide bonds. The first-order valence-electron chi connectivity index (χ1n) is 7.45. The Labute approximate surface area is 134 Å². The SMILES string of the molecule is O=c1[nH]nc2n1CC1(CCN(c3ncnc4ccsc34)C1)OC2. The molecule has 2 aliphatic rings. The van der Waals surface area contributed by atoms with Gasteiger partial charge >= 0.3 is 5.69 Å². The lowest BCUT2D eigenvalue weighted by Crippen LogP contribution is -2.46. The third kappa shape index (κ3) is 1.93. The molecule has 1 spiro atoms. The first-order valence-corrected chi connectivity index (χ1v) is 8.33. The Balaban J connectivity index is 1.48. The van der Waals surface area contributed by atoms with E-state index >= 15 is 0 Å². The maximum absolute atomic E-state index is 11.9. The van der Waals surface area contributed by atoms with Crippen LogP contribution in [-0.4, -0.2) is 43.4 Å². The molecule has 0 aromatic carbocycles. The van der Waals surface area contributed by atoms with E-state index < -0.39 is 0 Å². The van der Waals surface area contributed by atoms with Crippen molar-refractivity contribution in [2.75, 3.05) is 18.0 Å². The lowest BCUT2D eigenvalue weighted by atomic mass is 10.0. The van der Waals surface area contributed by atoms with E-state index in [1.54, 1.807) is 22.2 Å². The summed E-state index contributed by atoms with van der Waals surface area (Å²) in [7, 11) is 0. The Kier molecular flexibility index (Phi) is 2.65. The van der Waals surface area contributed by atoms with Crippen molar-refractivity contribution in [1.29, 1.82) is 0 Å². The summed E-state index contributed by atoms with van der Waals surface area (Å²) in [5, 5.41) is 8.51. The monoisotopic (exact) mass is 330 g/mol. The lowest BCUT2D eigenvalue weighted by Gasteiger charge is -2.33. The quantitative estimate of drug-likeness (QED) is 0.708. The highest BCUT2D eigenvalue weighted by Crippen LogP contribution is 2.36. The number of aromatic nitrogens is 5. The molecular weight excluding hydrogens is 316 g/mol. The number of aromatic amines is 1. The molecule has 0 bridgehead atoms. The van der Waals surface area contributed by atoms with E-state index in [-0.39, 0.29) is 11.3 Å². The van der Waals surface area contributed by atoms with Gasteiger partial charge in [-0.2, -0.15) is 5.10 Å². The molecule has 2 aliphatic heterocycles. The van der Waals surface area contributed by atoms with Gasteiger partial charge in [0, 0.05) is 6.54 Å². The average Bonchev–Trinajstić information content (AvgIpc) is 3.27. The summed E-state index contributed by atoms with van der Waals surface area (Å²) in [4.78, 5) is 22.9. The van der Waals surface area contributed by atoms with Crippen LogP contribution in [0, 0.1) is 0 Å². The molecule has 0 aliphatic carbocycles. The van der Waals surface area contributed by atoms with Crippen LogP contribution >= 0.6 is 11.3 Å². The maximum Gasteiger partial charge on any atom is 0.343 e. The summed E-state index contributed by atoms with van der Waals surface area (Å²) in [5.74, 6) is 1.62. The Hall–Kier alpha value is -2.26. The number of fused-ring (bicyclic) bond motifs is 2. The zero-order chi connectivity index (χ0) is 15.4. The van der Waals surface area contributed by atoms with Gasteiger partial charge < -0.3 is 9.64 Å². The summed E-state index contributed by atoms with van der Waals surface area (Å²) in [6.07, 6.45) is 2.47. The minimum atomic E-state index is -0.352. The van der Waals surface area contributed by atoms with Crippen molar-refractivity contribution in [2.24, 2.45) is 0 Å². The van der Waals surface area contributed by atoms with Crippen LogP contribution in [0.2, 0.25) is 0 Å². The third-order valence-electron chi connectivity index (χ3n) is 4.63. The largest absolute Gasteiger partial charge is 0.363 e. The molecule has 1 saturated heterocycles. The number of anilines is 1. The fraction of sp³-hybridized carbons (Fsp3) is 0.429. The molecule has 1 atom stereocenters. The summed E-state index contributed by atoms with van der Waals surface area (Å²) in [6, 6.07) is 2.01. The number of hydrogen-bond donors (Lipinski definition) is 1. The van der Waals surface area contributed by atoms with Gasteiger partial charge in [0.2, 0.25) is 0 Å². The van der Waals surface area contributed by atoms with Gasteiger partial charge in [-0.1, -0.05) is 0 Å². The van der Waals surface area contributed by atoms with E-state index in [9.17, 15) is 4.79 Å². The molecule has 5 rings (SSSR count). The number of nitrogens with one attached hydrogen (secondary N) is 1. The fourth-order valence-electron chi connectivity index (χ4n) is 3.45. The number of nitrogens with zero attached hydrogens (tertiary/aromatic N) is 5. The van der Waals surface area contributed by atoms with Gasteiger partial charge in [0.25, 0.3) is 0 Å². The highest BCUT2D eigenvalue weighted by molar-refractivity contribution is 7.17. The number of rotatable bonds is 1. The van der Waals surface area contributed by atoms with Crippen molar-refractivity contribution in [3.63, 3.8) is 0 Å². The molecule has 9 heteroatoms. The minimum absolute atomic E-state index is 0.163. The van der Waals surface area contributed by atoms with Crippen LogP contribution in [-0.2, 0) is 17.9 Å². The van der Waals surface area contributed by atoms with Gasteiger partial charge in [-0.25, -0.2) is 19.9 Å². The molecule has 3 aromatic rings. The Morgan fingerprint density at radius 2 is 2.30 bits per heavy atom. The average molecular weight is 330 g/mol. The van der Waals surface area contributed by atoms with Crippen LogP contribution < -0.4 is 10.6 Å². The highest BCUT2D eigenvalue weighted by Gasteiger charge is 2.44. The number of hydrogen-bond acceptors (Lipinski definition) is 7. The number of ether oxygens (including phenoxy) is 1. The molecule has 5 heterocycles. The molecule has 0 radical (unpaired) electrons. The Morgan fingerprint density at radius 3 is 3.26 bits per heavy atom. The summed E-state index contributed by atoms with van der Waals surface area (Å²) in [5.41, 5.74) is 0.456. The van der Waals surface area contributed by atoms with E-state index in [0.717, 1.165) is 29.0 Å². The molecule has 1 fully saturated rings. The summed E-state index contributed by atoms with van der Waals surface area (Å²) in [6.45, 7) is 2.47. The van der Waals surface area contributed by atoms with Crippen LogP contribution in [0.3, 0.4) is 0 Å². The van der Waals surface area contributed by atoms with Gasteiger partial charge in [0.05, 0.1) is 23.3 Å². The number of thiophene rings is 1. The molecule has 0 saturated carbocycles. The van der Waals surface area contributed by atoms with Crippen LogP contribution in [0.15, 0.2) is 22.6 Å². The summed E-state index contributed by atoms with van der Waals surface area (Å²) < 4.78 is 8.87. The van der Waals surface area contributed by atoms with Gasteiger partial charge in [0.15, 0.2) is 5.82 Å². The van der Waals surface area contributed by atoms with Gasteiger partial charge in [-0.05, 0) is 17.9 Å². The van der Waals surface area contributed by atoms with E-state index in [2.05, 4.69) is 25.1 Å². The third-order valence-corrected chi connectivity index (χ3v) is 5.53. The Morgan fingerprint density at radius 1 is 1.35 bits per heavy atom. The van der Waals surface area contributed by atoms with Crippen molar-refractivity contribution in [3.8, 4) is 0 Å². The lowest BCUT2D eigenvalue weighted by molar-refractivity contribution is -0.0759. The normalized spacial score (nSPS) is 23.7. The van der Waals surface area contributed by atoms with Crippen LogP contribution in [0.5, 0.6) is 0 Å². The smallest absolute Gasteiger partial charge is 0.343 e. The molecule has 23 heavy (non-hydrogen) atoms. The first kappa shape index (κ1) is 13.2. The second-order valence-electron chi connectivity index (χ2n) is 6.01. The van der Waals surface area contributed by atoms with Crippen molar-refractivity contribution in [1.82, 2.24) is 24.7 Å². The van der Waals surface area contributed by atoms with E-state index in [1.165, 1.54) is 0 Å². The maximum atomic E-state index is 11.9. The zero-order valence-electron chi connectivity index (χ0n) is 12.2. The van der Waals surface area contributed by atoms with E-state index in [0.29, 0.717) is 25.5 Å². The molecule has 8 nitrogen and oxygen atoms in total. The number of H-pyrrole nitrogens is 1.